The number of carbonyl (C=O) groups excluding carboxylic acids is 2. The third kappa shape index (κ3) is 16.6. The molecule has 0 radical (unpaired) electrons. The highest BCUT2D eigenvalue weighted by Crippen LogP contribution is 1.88. The number of carboxylic acid groups (broad SMARTS) is 4. The minimum Gasteiger partial charge on any atom is -0.547 e. The van der Waals surface area contributed by atoms with Crippen LogP contribution in [0, 0.1) is 0 Å². The molecule has 0 saturated carbocycles. The first-order valence-electron chi connectivity index (χ1n) is 7.70. The summed E-state index contributed by atoms with van der Waals surface area (Å²) >= 11 is 0. The standard InChI is InChI=1S/C6H14N2.2C4H6O5/c1-7-3-5-8(2)6-4-7;2*5-2(4(8)9)1-3(6)7/h3-6H2,1-2H3;2*2,5H,1H2,(H,6,7)(H,8,9)/t;2*2-/m.00/s1. The Labute approximate surface area is 149 Å². The van der Waals surface area contributed by atoms with Crippen LogP contribution in [0.1, 0.15) is 12.8 Å². The van der Waals surface area contributed by atoms with Gasteiger partial charge in [0, 0.05) is 0 Å². The molecule has 6 N–H and O–H groups in total. The van der Waals surface area contributed by atoms with Gasteiger partial charge in [-0.05, 0) is 0 Å². The second kappa shape index (κ2) is 13.9. The molecule has 1 saturated heterocycles. The number of quaternary nitrogens is 2. The van der Waals surface area contributed by atoms with Crippen molar-refractivity contribution in [2.45, 2.75) is 25.0 Å². The molecule has 1 fully saturated rings. The van der Waals surface area contributed by atoms with E-state index in [-0.39, 0.29) is 0 Å². The Morgan fingerprint density at radius 3 is 1.12 bits per heavy atom. The Bertz CT molecular complexity index is 421. The summed E-state index contributed by atoms with van der Waals surface area (Å²) in [6, 6.07) is 0. The Kier molecular flexibility index (Phi) is 13.9. The number of carboxylic acids is 4. The lowest BCUT2D eigenvalue weighted by Gasteiger charge is -2.23. The second-order valence-corrected chi connectivity index (χ2v) is 5.78. The average molecular weight is 382 g/mol. The maximum absolute atomic E-state index is 9.66. The summed E-state index contributed by atoms with van der Waals surface area (Å²) in [5, 5.41) is 51.5. The van der Waals surface area contributed by atoms with E-state index in [4.69, 9.17) is 20.4 Å². The van der Waals surface area contributed by atoms with Gasteiger partial charge in [-0.3, -0.25) is 9.59 Å². The number of rotatable bonds is 6. The number of aliphatic carboxylic acids is 4. The van der Waals surface area contributed by atoms with Crippen LogP contribution in [0.15, 0.2) is 0 Å². The fourth-order valence-corrected chi connectivity index (χ4v) is 1.60. The summed E-state index contributed by atoms with van der Waals surface area (Å²) in [4.78, 5) is 41.9. The molecule has 0 aromatic rings. The predicted octanol–water partition coefficient (Wildman–Crippen LogP) is -7.83. The van der Waals surface area contributed by atoms with Gasteiger partial charge in [-0.25, -0.2) is 0 Å². The van der Waals surface area contributed by atoms with E-state index >= 15 is 0 Å². The Morgan fingerprint density at radius 1 is 0.769 bits per heavy atom. The van der Waals surface area contributed by atoms with Crippen molar-refractivity contribution in [3.8, 4) is 0 Å². The highest BCUT2D eigenvalue weighted by molar-refractivity contribution is 5.78. The molecule has 0 aliphatic carbocycles. The third-order valence-corrected chi connectivity index (χ3v) is 3.24. The molecule has 152 valence electrons. The number of piperazine rings is 1. The third-order valence-electron chi connectivity index (χ3n) is 3.24. The molecule has 0 unspecified atom stereocenters. The lowest BCUT2D eigenvalue weighted by Crippen LogP contribution is -3.25. The van der Waals surface area contributed by atoms with Crippen molar-refractivity contribution in [2.75, 3.05) is 40.3 Å². The van der Waals surface area contributed by atoms with Crippen LogP contribution < -0.4 is 20.0 Å². The molecule has 2 atom stereocenters. The average Bonchev–Trinajstić information content (AvgIpc) is 2.50. The van der Waals surface area contributed by atoms with E-state index in [1.165, 1.54) is 26.2 Å². The summed E-state index contributed by atoms with van der Waals surface area (Å²) < 4.78 is 0. The zero-order valence-electron chi connectivity index (χ0n) is 14.6. The Balaban J connectivity index is 0. The van der Waals surface area contributed by atoms with Gasteiger partial charge >= 0.3 is 11.9 Å². The maximum Gasteiger partial charge on any atom is 0.306 e. The Morgan fingerprint density at radius 2 is 1.00 bits per heavy atom. The number of hydrogen-bond donors (Lipinski definition) is 6. The van der Waals surface area contributed by atoms with Crippen molar-refractivity contribution < 1.29 is 59.6 Å². The number of aliphatic hydroxyl groups excluding tert-OH is 2. The SMILES string of the molecule is C[NH+]1CC[NH+](C)CC1.O=C(O)C[C@H](O)C(=O)[O-].O=C(O)C[C@H](O)C(=O)[O-]. The van der Waals surface area contributed by atoms with Gasteiger partial charge in [-0.2, -0.15) is 0 Å². The van der Waals surface area contributed by atoms with Crippen LogP contribution in [0.3, 0.4) is 0 Å². The smallest absolute Gasteiger partial charge is 0.306 e. The van der Waals surface area contributed by atoms with Gasteiger partial charge in [-0.15, -0.1) is 0 Å². The number of hydrogen-bond acceptors (Lipinski definition) is 8. The van der Waals surface area contributed by atoms with Gasteiger partial charge in [0.1, 0.15) is 38.4 Å². The van der Waals surface area contributed by atoms with Crippen molar-refractivity contribution >= 4 is 23.9 Å². The first kappa shape index (κ1) is 26.0. The molecule has 1 aliphatic heterocycles. The molecule has 0 amide bonds. The topological polar surface area (TPSA) is 204 Å². The minimum atomic E-state index is -1.90. The molecule has 0 aromatic carbocycles. The van der Waals surface area contributed by atoms with Crippen LogP contribution in [0.25, 0.3) is 0 Å². The summed E-state index contributed by atoms with van der Waals surface area (Å²) in [6.45, 7) is 5.41. The zero-order chi connectivity index (χ0) is 20.9. The summed E-state index contributed by atoms with van der Waals surface area (Å²) in [5.74, 6) is -6.27. The zero-order valence-corrected chi connectivity index (χ0v) is 14.6. The lowest BCUT2D eigenvalue weighted by molar-refractivity contribution is -0.994. The predicted molar refractivity (Wildman–Crippen MR) is 79.8 cm³/mol. The first-order valence-corrected chi connectivity index (χ1v) is 7.70. The lowest BCUT2D eigenvalue weighted by atomic mass is 10.3. The van der Waals surface area contributed by atoms with E-state index in [2.05, 4.69) is 14.1 Å². The van der Waals surface area contributed by atoms with Gasteiger partial charge in [0.2, 0.25) is 0 Å². The molecule has 1 aliphatic rings. The van der Waals surface area contributed by atoms with Crippen LogP contribution >= 0.6 is 0 Å². The molecule has 0 aromatic heterocycles. The van der Waals surface area contributed by atoms with E-state index < -0.39 is 48.9 Å². The van der Waals surface area contributed by atoms with E-state index in [0.717, 1.165) is 0 Å². The molecule has 1 rings (SSSR count). The fraction of sp³-hybridized carbons (Fsp3) is 0.714. The van der Waals surface area contributed by atoms with E-state index in [1.807, 2.05) is 0 Å². The minimum absolute atomic E-state index is 0.817. The second-order valence-electron chi connectivity index (χ2n) is 5.78. The molecule has 0 spiro atoms. The van der Waals surface area contributed by atoms with Gasteiger partial charge in [-0.1, -0.05) is 0 Å². The summed E-state index contributed by atoms with van der Waals surface area (Å²) in [7, 11) is 4.54. The van der Waals surface area contributed by atoms with E-state index in [0.29, 0.717) is 0 Å². The molecule has 1 heterocycles. The molecular weight excluding hydrogens is 356 g/mol. The normalized spacial score (nSPS) is 20.9. The molecule has 12 heteroatoms. The van der Waals surface area contributed by atoms with Crippen LogP contribution in [-0.2, 0) is 19.2 Å². The van der Waals surface area contributed by atoms with Crippen molar-refractivity contribution in [3.05, 3.63) is 0 Å². The van der Waals surface area contributed by atoms with Crippen molar-refractivity contribution in [3.63, 3.8) is 0 Å². The summed E-state index contributed by atoms with van der Waals surface area (Å²) in [5.41, 5.74) is 0. The maximum atomic E-state index is 9.66. The number of nitrogens with one attached hydrogen (secondary N) is 2. The quantitative estimate of drug-likeness (QED) is 0.256. The van der Waals surface area contributed by atoms with Crippen molar-refractivity contribution in [1.82, 2.24) is 0 Å². The fourth-order valence-electron chi connectivity index (χ4n) is 1.60. The number of likely N-dealkylation sites (N-methyl/N-ethyl adjacent to an activating group) is 2. The molecular formula is C14H26N2O10. The highest BCUT2D eigenvalue weighted by atomic mass is 16.4. The monoisotopic (exact) mass is 382 g/mol. The molecule has 12 nitrogen and oxygen atoms in total. The molecule has 0 bridgehead atoms. The van der Waals surface area contributed by atoms with Gasteiger partial charge in [0.15, 0.2) is 0 Å². The van der Waals surface area contributed by atoms with Crippen molar-refractivity contribution in [1.29, 1.82) is 0 Å². The van der Waals surface area contributed by atoms with Gasteiger partial charge in [0.05, 0.1) is 38.9 Å². The molecule has 26 heavy (non-hydrogen) atoms. The van der Waals surface area contributed by atoms with Gasteiger partial charge in [0.25, 0.3) is 0 Å². The number of carbonyl (C=O) groups is 4. The van der Waals surface area contributed by atoms with Gasteiger partial charge < -0.3 is 50.0 Å². The summed E-state index contributed by atoms with van der Waals surface area (Å²) in [6.07, 6.45) is -5.44. The number of aliphatic hydroxyl groups is 2. The van der Waals surface area contributed by atoms with E-state index in [9.17, 15) is 29.4 Å². The van der Waals surface area contributed by atoms with E-state index in [1.54, 1.807) is 9.80 Å². The van der Waals surface area contributed by atoms with Crippen LogP contribution in [0.4, 0.5) is 0 Å². The highest BCUT2D eigenvalue weighted by Gasteiger charge is 2.14. The van der Waals surface area contributed by atoms with Crippen LogP contribution in [0.2, 0.25) is 0 Å². The van der Waals surface area contributed by atoms with Crippen LogP contribution in [-0.4, -0.2) is 96.8 Å². The Hall–Kier alpha value is -2.28. The first-order chi connectivity index (χ1) is 11.9. The van der Waals surface area contributed by atoms with Crippen molar-refractivity contribution in [2.24, 2.45) is 0 Å². The van der Waals surface area contributed by atoms with Crippen LogP contribution in [0.5, 0.6) is 0 Å². The largest absolute Gasteiger partial charge is 0.547 e.